The van der Waals surface area contributed by atoms with E-state index in [0.29, 0.717) is 5.56 Å². The van der Waals surface area contributed by atoms with Crippen molar-refractivity contribution < 1.29 is 19.2 Å². The Labute approximate surface area is 260 Å². The Morgan fingerprint density at radius 1 is 0.538 bits per heavy atom. The first-order valence-corrected chi connectivity index (χ1v) is 13.2. The first kappa shape index (κ1) is 31.4. The molecule has 0 radical (unpaired) electrons. The lowest BCUT2D eigenvalue weighted by atomic mass is 10.0. The molecule has 0 unspecified atom stereocenters. The number of nitrogens with two attached hydrogens (primary N) is 2. The van der Waals surface area contributed by atoms with E-state index in [0.717, 1.165) is 0 Å². The Bertz CT molecular complexity index is 1500. The van der Waals surface area contributed by atoms with Crippen LogP contribution in [0.15, 0.2) is 18.2 Å². The molecule has 3 aromatic rings. The van der Waals surface area contributed by atoms with E-state index in [1.165, 1.54) is 18.2 Å². The molecule has 0 aromatic heterocycles. The largest absolute Gasteiger partial charge is 0.366 e. The van der Waals surface area contributed by atoms with Crippen LogP contribution in [0.25, 0.3) is 0 Å². The quantitative estimate of drug-likeness (QED) is 0.154. The highest BCUT2D eigenvalue weighted by Gasteiger charge is 2.30. The van der Waals surface area contributed by atoms with E-state index in [1.807, 2.05) is 0 Å². The Morgan fingerprint density at radius 2 is 0.821 bits per heavy atom. The van der Waals surface area contributed by atoms with Gasteiger partial charge < -0.3 is 22.1 Å². The van der Waals surface area contributed by atoms with Gasteiger partial charge in [-0.15, -0.1) is 0 Å². The van der Waals surface area contributed by atoms with Crippen molar-refractivity contribution in [2.45, 2.75) is 6.92 Å². The lowest BCUT2D eigenvalue weighted by molar-refractivity contribution is 0.0977. The van der Waals surface area contributed by atoms with Crippen molar-refractivity contribution in [3.63, 3.8) is 0 Å². The summed E-state index contributed by atoms with van der Waals surface area (Å²) in [4.78, 5) is 50.5. The molecular weight excluding hydrogens is 680 g/mol. The van der Waals surface area contributed by atoms with Crippen LogP contribution in [-0.4, -0.2) is 23.6 Å². The van der Waals surface area contributed by atoms with Gasteiger partial charge in [0.15, 0.2) is 0 Å². The third-order valence-corrected chi connectivity index (χ3v) is 8.92. The molecule has 0 heterocycles. The normalized spacial score (nSPS) is 10.8. The maximum absolute atomic E-state index is 13.2. The highest BCUT2D eigenvalue weighted by atomic mass is 35.5. The number of halogens is 8. The highest BCUT2D eigenvalue weighted by molar-refractivity contribution is 6.55. The topological polar surface area (TPSA) is 144 Å². The van der Waals surface area contributed by atoms with Crippen LogP contribution in [0.1, 0.15) is 47.0 Å². The van der Waals surface area contributed by atoms with Gasteiger partial charge in [0.1, 0.15) is 0 Å². The van der Waals surface area contributed by atoms with Gasteiger partial charge in [0.25, 0.3) is 23.6 Å². The van der Waals surface area contributed by atoms with Gasteiger partial charge in [-0.05, 0) is 24.6 Å². The smallest absolute Gasteiger partial charge is 0.258 e. The van der Waals surface area contributed by atoms with Gasteiger partial charge in [0.2, 0.25) is 0 Å². The molecule has 39 heavy (non-hydrogen) atoms. The summed E-state index contributed by atoms with van der Waals surface area (Å²) in [5.74, 6) is -3.97. The van der Waals surface area contributed by atoms with Gasteiger partial charge in [0.05, 0.1) is 62.4 Å². The molecule has 0 aliphatic carbocycles. The highest BCUT2D eigenvalue weighted by Crippen LogP contribution is 2.43. The molecule has 204 valence electrons. The summed E-state index contributed by atoms with van der Waals surface area (Å²) in [6, 6.07) is 4.45. The number of rotatable bonds is 6. The first-order valence-electron chi connectivity index (χ1n) is 10.1. The minimum absolute atomic E-state index is 0.167. The van der Waals surface area contributed by atoms with Crippen LogP contribution in [0, 0.1) is 6.92 Å². The Hall–Kier alpha value is -2.14. The molecule has 0 saturated heterocycles. The Kier molecular flexibility index (Phi) is 9.79. The number of carbonyl (C=O) groups excluding carboxylic acids is 4. The molecule has 0 atom stereocenters. The lowest BCUT2D eigenvalue weighted by Crippen LogP contribution is -2.23. The van der Waals surface area contributed by atoms with E-state index in [9.17, 15) is 19.2 Å². The van der Waals surface area contributed by atoms with E-state index in [4.69, 9.17) is 104 Å². The average molecular weight is 692 g/mol. The monoisotopic (exact) mass is 688 g/mol. The van der Waals surface area contributed by atoms with Crippen LogP contribution in [0.2, 0.25) is 40.2 Å². The van der Waals surface area contributed by atoms with Gasteiger partial charge in [-0.2, -0.15) is 0 Å². The average Bonchev–Trinajstić information content (AvgIpc) is 2.87. The summed E-state index contributed by atoms with van der Waals surface area (Å²) in [7, 11) is 0. The van der Waals surface area contributed by atoms with Crippen molar-refractivity contribution >= 4 is 128 Å². The second-order valence-electron chi connectivity index (χ2n) is 7.63. The lowest BCUT2D eigenvalue weighted by Gasteiger charge is -2.18. The number of carbonyl (C=O) groups is 4. The molecule has 4 amide bonds. The van der Waals surface area contributed by atoms with Crippen LogP contribution in [0.4, 0.5) is 11.4 Å². The van der Waals surface area contributed by atoms with E-state index in [-0.39, 0.29) is 51.6 Å². The molecule has 8 nitrogen and oxygen atoms in total. The van der Waals surface area contributed by atoms with Gasteiger partial charge >= 0.3 is 0 Å². The van der Waals surface area contributed by atoms with Gasteiger partial charge in [-0.3, -0.25) is 19.2 Å². The third kappa shape index (κ3) is 5.85. The fourth-order valence-electron chi connectivity index (χ4n) is 3.43. The Morgan fingerprint density at radius 3 is 1.10 bits per heavy atom. The molecule has 3 aromatic carbocycles. The predicted octanol–water partition coefficient (Wildman–Crippen LogP) is 7.92. The van der Waals surface area contributed by atoms with Crippen LogP contribution in [0.3, 0.4) is 0 Å². The molecule has 0 spiro atoms. The molecule has 0 saturated carbocycles. The van der Waals surface area contributed by atoms with Crippen molar-refractivity contribution in [3.05, 3.63) is 86.2 Å². The number of nitrogens with one attached hydrogen (secondary N) is 2. The zero-order valence-corrected chi connectivity index (χ0v) is 25.1. The van der Waals surface area contributed by atoms with Crippen LogP contribution >= 0.6 is 92.8 Å². The number of benzene rings is 3. The number of hydrogen-bond donors (Lipinski definition) is 4. The van der Waals surface area contributed by atoms with Gasteiger partial charge in [0, 0.05) is 11.4 Å². The van der Waals surface area contributed by atoms with Crippen molar-refractivity contribution in [1.82, 2.24) is 0 Å². The zero-order valence-electron chi connectivity index (χ0n) is 19.0. The molecule has 0 fully saturated rings. The summed E-state index contributed by atoms with van der Waals surface area (Å²) in [5, 5.41) is 2.63. The van der Waals surface area contributed by atoms with E-state index in [1.54, 1.807) is 6.92 Å². The minimum atomic E-state index is -1.08. The van der Waals surface area contributed by atoms with Crippen LogP contribution < -0.4 is 22.1 Å². The molecule has 3 rings (SSSR count). The second-order valence-corrected chi connectivity index (χ2v) is 10.7. The van der Waals surface area contributed by atoms with E-state index in [2.05, 4.69) is 10.6 Å². The fourth-order valence-corrected chi connectivity index (χ4v) is 5.49. The predicted molar refractivity (Wildman–Crippen MR) is 157 cm³/mol. The Balaban J connectivity index is 2.04. The summed E-state index contributed by atoms with van der Waals surface area (Å²) >= 11 is 48.7. The molecule has 0 bridgehead atoms. The summed E-state index contributed by atoms with van der Waals surface area (Å²) in [6.45, 7) is 1.54. The minimum Gasteiger partial charge on any atom is -0.366 e. The fraction of sp³-hybridized carbons (Fsp3) is 0.0435. The van der Waals surface area contributed by atoms with Gasteiger partial charge in [-0.25, -0.2) is 0 Å². The maximum Gasteiger partial charge on any atom is 0.258 e. The van der Waals surface area contributed by atoms with Crippen molar-refractivity contribution in [1.29, 1.82) is 0 Å². The number of hydrogen-bond acceptors (Lipinski definition) is 4. The molecule has 6 N–H and O–H groups in total. The van der Waals surface area contributed by atoms with E-state index >= 15 is 0 Å². The standard InChI is InChI=1S/C23H12Cl8N4O4/c1-5-6(34-22(38)10-8(20(32)36)12(24)16(28)18(30)14(10)26)3-2-4-7(5)35-23(39)11-9(21(33)37)13(25)17(29)19(31)15(11)27/h2-4H,1H3,(H2,32,36)(H2,33,37)(H,34,38)(H,35,39). The molecule has 16 heteroatoms. The SMILES string of the molecule is Cc1c(NC(=O)c2c(Cl)c(Cl)c(Cl)c(Cl)c2C(N)=O)cccc1NC(=O)c1c(Cl)c(Cl)c(Cl)c(Cl)c1C(N)=O. The number of primary amides is 2. The molecule has 0 aliphatic heterocycles. The van der Waals surface area contributed by atoms with Crippen molar-refractivity contribution in [3.8, 4) is 0 Å². The first-order chi connectivity index (χ1) is 18.1. The molecular formula is C23H12Cl8N4O4. The van der Waals surface area contributed by atoms with E-state index < -0.39 is 45.9 Å². The summed E-state index contributed by atoms with van der Waals surface area (Å²) < 4.78 is 0. The zero-order chi connectivity index (χ0) is 29.5. The van der Waals surface area contributed by atoms with Crippen molar-refractivity contribution in [2.24, 2.45) is 11.5 Å². The molecule has 0 aliphatic rings. The number of amides is 4. The third-order valence-electron chi connectivity index (χ3n) is 5.31. The van der Waals surface area contributed by atoms with Crippen LogP contribution in [-0.2, 0) is 0 Å². The van der Waals surface area contributed by atoms with Gasteiger partial charge in [-0.1, -0.05) is 98.9 Å². The van der Waals surface area contributed by atoms with Crippen LogP contribution in [0.5, 0.6) is 0 Å². The van der Waals surface area contributed by atoms with Crippen molar-refractivity contribution in [2.75, 3.05) is 10.6 Å². The maximum atomic E-state index is 13.2. The summed E-state index contributed by atoms with van der Waals surface area (Å²) in [6.07, 6.45) is 0. The number of anilines is 2. The second kappa shape index (κ2) is 12.2. The summed E-state index contributed by atoms with van der Waals surface area (Å²) in [5.41, 5.74) is 9.72.